The van der Waals surface area contributed by atoms with Crippen molar-refractivity contribution in [3.63, 3.8) is 0 Å². The van der Waals surface area contributed by atoms with Gasteiger partial charge in [0.15, 0.2) is 5.76 Å². The highest BCUT2D eigenvalue weighted by Crippen LogP contribution is 2.36. The first kappa shape index (κ1) is 16.2. The van der Waals surface area contributed by atoms with Crippen molar-refractivity contribution in [1.82, 2.24) is 0 Å². The smallest absolute Gasteiger partial charge is 0.379 e. The van der Waals surface area contributed by atoms with Gasteiger partial charge in [0.05, 0.1) is 4.92 Å². The lowest BCUT2D eigenvalue weighted by Crippen LogP contribution is -2.09. The summed E-state index contributed by atoms with van der Waals surface area (Å²) in [6, 6.07) is 5.59. The second-order valence-electron chi connectivity index (χ2n) is 3.91. The minimum Gasteiger partial charge on any atom is -0.422 e. The zero-order valence-electron chi connectivity index (χ0n) is 10.4. The molecule has 0 aliphatic rings. The van der Waals surface area contributed by atoms with E-state index in [0.717, 1.165) is 36.4 Å². The Kier molecular flexibility index (Phi) is 4.07. The molecular weight excluding hydrogens is 348 g/mol. The molecule has 1 heterocycles. The molecule has 0 aliphatic heterocycles. The standard InChI is InChI=1S/C11H6ClF2NO6S/c12-11(13,14)9-4-5-10(20-9)21-22(18,19)8-3-1-2-7(6-8)15(16)17/h1-6H. The van der Waals surface area contributed by atoms with Gasteiger partial charge in [0.1, 0.15) is 4.90 Å². The molecule has 0 bridgehead atoms. The van der Waals surface area contributed by atoms with Crippen LogP contribution in [0.2, 0.25) is 0 Å². The van der Waals surface area contributed by atoms with E-state index in [1.807, 2.05) is 0 Å². The summed E-state index contributed by atoms with van der Waals surface area (Å²) in [5.74, 6) is -1.75. The summed E-state index contributed by atoms with van der Waals surface area (Å²) in [7, 11) is -4.49. The first-order valence-electron chi connectivity index (χ1n) is 5.45. The van der Waals surface area contributed by atoms with E-state index in [9.17, 15) is 27.3 Å². The van der Waals surface area contributed by atoms with Crippen molar-refractivity contribution in [3.05, 3.63) is 52.3 Å². The predicted molar refractivity (Wildman–Crippen MR) is 69.4 cm³/mol. The Balaban J connectivity index is 2.30. The van der Waals surface area contributed by atoms with E-state index in [1.165, 1.54) is 0 Å². The van der Waals surface area contributed by atoms with Crippen LogP contribution in [0.4, 0.5) is 14.5 Å². The van der Waals surface area contributed by atoms with Crippen LogP contribution in [-0.4, -0.2) is 13.3 Å². The molecule has 0 saturated heterocycles. The maximum Gasteiger partial charge on any atom is 0.379 e. The van der Waals surface area contributed by atoms with Crippen LogP contribution in [-0.2, 0) is 15.5 Å². The maximum atomic E-state index is 12.8. The molecule has 1 aromatic carbocycles. The van der Waals surface area contributed by atoms with Gasteiger partial charge in [0.2, 0.25) is 0 Å². The van der Waals surface area contributed by atoms with Gasteiger partial charge in [-0.15, -0.1) is 0 Å². The monoisotopic (exact) mass is 353 g/mol. The van der Waals surface area contributed by atoms with Crippen molar-refractivity contribution in [3.8, 4) is 5.95 Å². The van der Waals surface area contributed by atoms with Gasteiger partial charge in [0, 0.05) is 18.2 Å². The topological polar surface area (TPSA) is 99.7 Å². The lowest BCUT2D eigenvalue weighted by molar-refractivity contribution is -0.385. The van der Waals surface area contributed by atoms with Crippen molar-refractivity contribution in [2.24, 2.45) is 0 Å². The summed E-state index contributed by atoms with van der Waals surface area (Å²) in [4.78, 5) is 9.28. The number of rotatable bonds is 5. The third-order valence-electron chi connectivity index (χ3n) is 2.37. The molecule has 0 fully saturated rings. The van der Waals surface area contributed by atoms with Gasteiger partial charge in [-0.1, -0.05) is 6.07 Å². The van der Waals surface area contributed by atoms with Crippen LogP contribution in [0.3, 0.4) is 0 Å². The summed E-state index contributed by atoms with van der Waals surface area (Å²) in [6.45, 7) is 0. The quantitative estimate of drug-likeness (QED) is 0.354. The molecule has 2 rings (SSSR count). The Morgan fingerprint density at radius 3 is 2.50 bits per heavy atom. The lowest BCUT2D eigenvalue weighted by atomic mass is 10.3. The number of nitrogens with zero attached hydrogens (tertiary/aromatic N) is 1. The molecule has 0 atom stereocenters. The summed E-state index contributed by atoms with van der Waals surface area (Å²) in [6.07, 6.45) is 0. The van der Waals surface area contributed by atoms with Crippen LogP contribution < -0.4 is 4.18 Å². The van der Waals surface area contributed by atoms with E-state index >= 15 is 0 Å². The molecule has 0 aliphatic carbocycles. The lowest BCUT2D eigenvalue weighted by Gasteiger charge is -2.05. The average molecular weight is 354 g/mol. The highest BCUT2D eigenvalue weighted by Gasteiger charge is 2.33. The summed E-state index contributed by atoms with van der Waals surface area (Å²) < 4.78 is 58.3. The van der Waals surface area contributed by atoms with Gasteiger partial charge in [0.25, 0.3) is 5.69 Å². The van der Waals surface area contributed by atoms with Crippen LogP contribution in [0, 0.1) is 10.1 Å². The van der Waals surface area contributed by atoms with Crippen molar-refractivity contribution in [1.29, 1.82) is 0 Å². The van der Waals surface area contributed by atoms with Crippen molar-refractivity contribution >= 4 is 27.4 Å². The molecule has 0 N–H and O–H groups in total. The van der Waals surface area contributed by atoms with Crippen LogP contribution in [0.15, 0.2) is 45.7 Å². The van der Waals surface area contributed by atoms with Gasteiger partial charge >= 0.3 is 21.4 Å². The molecule has 7 nitrogen and oxygen atoms in total. The largest absolute Gasteiger partial charge is 0.422 e. The Morgan fingerprint density at radius 1 is 1.27 bits per heavy atom. The van der Waals surface area contributed by atoms with E-state index in [2.05, 4.69) is 8.60 Å². The molecule has 0 amide bonds. The van der Waals surface area contributed by atoms with Gasteiger partial charge < -0.3 is 8.60 Å². The SMILES string of the molecule is O=[N+]([O-])c1cccc(S(=O)(=O)Oc2ccc(C(F)(F)Cl)o2)c1. The Morgan fingerprint density at radius 2 is 1.95 bits per heavy atom. The molecule has 0 spiro atoms. The van der Waals surface area contributed by atoms with Crippen LogP contribution in [0.1, 0.15) is 5.76 Å². The first-order valence-corrected chi connectivity index (χ1v) is 7.24. The molecule has 11 heteroatoms. The van der Waals surface area contributed by atoms with Crippen molar-refractivity contribution in [2.45, 2.75) is 10.3 Å². The molecule has 0 unspecified atom stereocenters. The molecule has 2 aromatic rings. The van der Waals surface area contributed by atoms with Gasteiger partial charge in [-0.05, 0) is 23.7 Å². The van der Waals surface area contributed by atoms with Gasteiger partial charge in [-0.2, -0.15) is 17.2 Å². The van der Waals surface area contributed by atoms with Gasteiger partial charge in [-0.25, -0.2) is 0 Å². The molecule has 0 radical (unpaired) electrons. The fourth-order valence-corrected chi connectivity index (χ4v) is 2.44. The Labute approximate surface area is 127 Å². The number of non-ortho nitro benzene ring substituents is 1. The van der Waals surface area contributed by atoms with E-state index in [1.54, 1.807) is 0 Å². The highest BCUT2D eigenvalue weighted by atomic mass is 35.5. The number of hydrogen-bond acceptors (Lipinski definition) is 6. The summed E-state index contributed by atoms with van der Waals surface area (Å²) in [5, 5.41) is 6.78. The molecule has 0 saturated carbocycles. The maximum absolute atomic E-state index is 12.8. The third-order valence-corrected chi connectivity index (χ3v) is 3.77. The fraction of sp³-hybridized carbons (Fsp3) is 0.0909. The number of benzene rings is 1. The minimum atomic E-state index is -4.49. The molecule has 1 aromatic heterocycles. The third kappa shape index (κ3) is 3.52. The molecular formula is C11H6ClF2NO6S. The second kappa shape index (κ2) is 5.54. The number of nitro benzene ring substituents is 1. The summed E-state index contributed by atoms with van der Waals surface area (Å²) in [5.41, 5.74) is -0.475. The normalized spacial score (nSPS) is 12.1. The van der Waals surface area contributed by atoms with E-state index in [-0.39, 0.29) is 0 Å². The Hall–Kier alpha value is -2.20. The number of alkyl halides is 3. The zero-order valence-corrected chi connectivity index (χ0v) is 12.0. The minimum absolute atomic E-state index is 0.475. The number of hydrogen-bond donors (Lipinski definition) is 0. The van der Waals surface area contributed by atoms with E-state index in [0.29, 0.717) is 0 Å². The van der Waals surface area contributed by atoms with E-state index in [4.69, 9.17) is 11.6 Å². The van der Waals surface area contributed by atoms with Crippen molar-refractivity contribution < 1.29 is 30.7 Å². The highest BCUT2D eigenvalue weighted by molar-refractivity contribution is 7.87. The molecule has 22 heavy (non-hydrogen) atoms. The zero-order chi connectivity index (χ0) is 16.5. The number of halogens is 3. The van der Waals surface area contributed by atoms with Gasteiger partial charge in [-0.3, -0.25) is 10.1 Å². The molecule has 118 valence electrons. The van der Waals surface area contributed by atoms with Crippen LogP contribution in [0.5, 0.6) is 5.95 Å². The van der Waals surface area contributed by atoms with Crippen LogP contribution in [0.25, 0.3) is 0 Å². The number of nitro groups is 1. The first-order chi connectivity index (χ1) is 10.1. The average Bonchev–Trinajstić information content (AvgIpc) is 2.86. The predicted octanol–water partition coefficient (Wildman–Crippen LogP) is 3.24. The van der Waals surface area contributed by atoms with Crippen molar-refractivity contribution in [2.75, 3.05) is 0 Å². The fourth-order valence-electron chi connectivity index (χ4n) is 1.43. The van der Waals surface area contributed by atoms with Crippen LogP contribution >= 0.6 is 11.6 Å². The second-order valence-corrected chi connectivity index (χ2v) is 5.93. The van der Waals surface area contributed by atoms with E-state index < -0.39 is 42.7 Å². The Bertz CT molecular complexity index is 814. The number of furan rings is 1. The summed E-state index contributed by atoms with van der Waals surface area (Å²) >= 11 is 4.71.